The van der Waals surface area contributed by atoms with Crippen LogP contribution in [0.4, 0.5) is 0 Å². The second-order valence-electron chi connectivity index (χ2n) is 5.56. The van der Waals surface area contributed by atoms with Gasteiger partial charge in [0.25, 0.3) is 11.7 Å². The third-order valence-electron chi connectivity index (χ3n) is 3.87. The first-order chi connectivity index (χ1) is 11.8. The monoisotopic (exact) mass is 377 g/mol. The summed E-state index contributed by atoms with van der Waals surface area (Å²) in [5.74, 6) is -2.30. The number of rotatable bonds is 3. The van der Waals surface area contributed by atoms with E-state index in [1.54, 1.807) is 48.5 Å². The summed E-state index contributed by atoms with van der Waals surface area (Å²) in [7, 11) is 0. The summed E-state index contributed by atoms with van der Waals surface area (Å²) >= 11 is 12.3. The van der Waals surface area contributed by atoms with Crippen LogP contribution in [0.5, 0.6) is 0 Å². The van der Waals surface area contributed by atoms with Gasteiger partial charge >= 0.3 is 0 Å². The molecule has 1 aliphatic heterocycles. The van der Waals surface area contributed by atoms with Crippen LogP contribution in [0.2, 0.25) is 10.0 Å². The van der Waals surface area contributed by atoms with Gasteiger partial charge in [-0.2, -0.15) is 0 Å². The van der Waals surface area contributed by atoms with Gasteiger partial charge in [-0.25, -0.2) is 0 Å². The van der Waals surface area contributed by atoms with Crippen molar-refractivity contribution >= 4 is 34.9 Å². The maximum absolute atomic E-state index is 12.6. The third kappa shape index (κ3) is 2.97. The number of aliphatic hydroxyl groups is 1. The molecule has 0 spiro atoms. The van der Waals surface area contributed by atoms with Gasteiger partial charge in [0.1, 0.15) is 0 Å². The van der Waals surface area contributed by atoms with Crippen LogP contribution in [0.1, 0.15) is 22.8 Å². The minimum Gasteiger partial charge on any atom is -0.501 e. The number of benzene rings is 2. The summed E-state index contributed by atoms with van der Waals surface area (Å²) in [6.45, 7) is 1.43. The molecule has 2 aromatic carbocycles. The second kappa shape index (κ2) is 6.43. The average Bonchev–Trinajstić information content (AvgIpc) is 2.80. The van der Waals surface area contributed by atoms with E-state index in [0.717, 1.165) is 0 Å². The Labute approximate surface area is 153 Å². The molecule has 3 rings (SSSR count). The van der Waals surface area contributed by atoms with Crippen molar-refractivity contribution in [3.63, 3.8) is 0 Å². The first-order valence-corrected chi connectivity index (χ1v) is 8.08. The molecule has 2 N–H and O–H groups in total. The Morgan fingerprint density at radius 2 is 1.68 bits per heavy atom. The molecule has 25 heavy (non-hydrogen) atoms. The molecule has 0 aliphatic carbocycles. The van der Waals surface area contributed by atoms with Gasteiger partial charge < -0.3 is 9.84 Å². The molecule has 1 atom stereocenters. The molecule has 0 bridgehead atoms. The van der Waals surface area contributed by atoms with Crippen molar-refractivity contribution in [3.05, 3.63) is 81.3 Å². The number of carbonyl (C=O) groups is 2. The van der Waals surface area contributed by atoms with E-state index in [1.807, 2.05) is 0 Å². The predicted octanol–water partition coefficient (Wildman–Crippen LogP) is 3.97. The fraction of sp³-hybridized carbons (Fsp3) is 0.111. The maximum Gasteiger partial charge on any atom is 0.258 e. The Bertz CT molecular complexity index is 875. The van der Waals surface area contributed by atoms with Gasteiger partial charge in [0, 0.05) is 21.2 Å². The van der Waals surface area contributed by atoms with E-state index in [2.05, 4.69) is 5.32 Å². The number of hydrogen-bond donors (Lipinski definition) is 2. The maximum atomic E-state index is 12.6. The van der Waals surface area contributed by atoms with E-state index < -0.39 is 23.1 Å². The van der Waals surface area contributed by atoms with Gasteiger partial charge in [-0.3, -0.25) is 14.9 Å². The molecule has 0 aromatic heterocycles. The molecular weight excluding hydrogens is 365 g/mol. The average molecular weight is 378 g/mol. The Hall–Kier alpha value is -2.50. The minimum absolute atomic E-state index is 0.215. The van der Waals surface area contributed by atoms with Crippen molar-refractivity contribution in [1.29, 1.82) is 0 Å². The lowest BCUT2D eigenvalue weighted by molar-refractivity contribution is -0.131. The van der Waals surface area contributed by atoms with Crippen LogP contribution in [0, 0.1) is 0 Å². The number of ketones is 1. The molecule has 0 fully saturated rings. The lowest BCUT2D eigenvalue weighted by Gasteiger charge is -2.25. The van der Waals surface area contributed by atoms with Crippen LogP contribution < -0.4 is 5.32 Å². The highest BCUT2D eigenvalue weighted by atomic mass is 35.5. The molecule has 0 saturated carbocycles. The van der Waals surface area contributed by atoms with Crippen LogP contribution in [0.25, 0.3) is 0 Å². The molecule has 5 nitrogen and oxygen atoms in total. The van der Waals surface area contributed by atoms with Crippen LogP contribution in [0.15, 0.2) is 60.2 Å². The number of hydrogen-bond acceptors (Lipinski definition) is 4. The van der Waals surface area contributed by atoms with Crippen molar-refractivity contribution in [2.45, 2.75) is 12.5 Å². The van der Waals surface area contributed by atoms with Gasteiger partial charge in [0.05, 0.1) is 0 Å². The van der Waals surface area contributed by atoms with E-state index in [4.69, 9.17) is 27.9 Å². The summed E-state index contributed by atoms with van der Waals surface area (Å²) in [4.78, 5) is 24.8. The zero-order valence-electron chi connectivity index (χ0n) is 13.0. The zero-order valence-corrected chi connectivity index (χ0v) is 14.6. The summed E-state index contributed by atoms with van der Waals surface area (Å²) < 4.78 is 5.59. The highest BCUT2D eigenvalue weighted by Gasteiger charge is 2.50. The second-order valence-corrected chi connectivity index (χ2v) is 6.37. The lowest BCUT2D eigenvalue weighted by atomic mass is 9.91. The molecular formula is C18H13Cl2NO4. The lowest BCUT2D eigenvalue weighted by Crippen LogP contribution is -2.33. The van der Waals surface area contributed by atoms with Crippen molar-refractivity contribution in [2.75, 3.05) is 0 Å². The normalized spacial score (nSPS) is 19.7. The Morgan fingerprint density at radius 3 is 2.28 bits per heavy atom. The number of aliphatic hydroxyl groups excluding tert-OH is 1. The first-order valence-electron chi connectivity index (χ1n) is 7.32. The number of Topliss-reactive ketones (excluding diaryl/α,β-unsaturated/α-hetero) is 1. The minimum atomic E-state index is -1.64. The largest absolute Gasteiger partial charge is 0.501 e. The molecule has 0 saturated heterocycles. The van der Waals surface area contributed by atoms with Gasteiger partial charge in [0.15, 0.2) is 0 Å². The summed E-state index contributed by atoms with van der Waals surface area (Å²) in [6.07, 6.45) is 0. The number of carbonyl (C=O) groups excluding carboxylic acids is 2. The van der Waals surface area contributed by atoms with E-state index in [-0.39, 0.29) is 21.5 Å². The van der Waals surface area contributed by atoms with Crippen molar-refractivity contribution in [2.24, 2.45) is 0 Å². The molecule has 1 unspecified atom stereocenters. The summed E-state index contributed by atoms with van der Waals surface area (Å²) in [5, 5.41) is 13.0. The van der Waals surface area contributed by atoms with Crippen LogP contribution in [-0.2, 0) is 15.1 Å². The highest BCUT2D eigenvalue weighted by molar-refractivity contribution is 6.36. The van der Waals surface area contributed by atoms with Gasteiger partial charge in [-0.05, 0) is 31.2 Å². The third-order valence-corrected chi connectivity index (χ3v) is 4.50. The SMILES string of the molecule is CC1(c2c(Cl)cccc2Cl)OC(NC(=O)c2ccccc2)=C(O)C1=O. The smallest absolute Gasteiger partial charge is 0.258 e. The molecule has 128 valence electrons. The number of halogens is 2. The number of amides is 1. The van der Waals surface area contributed by atoms with E-state index >= 15 is 0 Å². The van der Waals surface area contributed by atoms with Crippen LogP contribution in [0.3, 0.4) is 0 Å². The fourth-order valence-corrected chi connectivity index (χ4v) is 3.35. The predicted molar refractivity (Wildman–Crippen MR) is 93.5 cm³/mol. The molecule has 7 heteroatoms. The van der Waals surface area contributed by atoms with Crippen LogP contribution >= 0.6 is 23.2 Å². The van der Waals surface area contributed by atoms with Gasteiger partial charge in [0.2, 0.25) is 17.2 Å². The van der Waals surface area contributed by atoms with Gasteiger partial charge in [-0.15, -0.1) is 0 Å². The number of ether oxygens (including phenoxy) is 1. The van der Waals surface area contributed by atoms with E-state index in [9.17, 15) is 14.7 Å². The molecule has 0 radical (unpaired) electrons. The number of nitrogens with one attached hydrogen (secondary N) is 1. The molecule has 1 heterocycles. The van der Waals surface area contributed by atoms with E-state index in [1.165, 1.54) is 6.92 Å². The van der Waals surface area contributed by atoms with Crippen LogP contribution in [-0.4, -0.2) is 16.8 Å². The van der Waals surface area contributed by atoms with Gasteiger partial charge in [-0.1, -0.05) is 47.5 Å². The fourth-order valence-electron chi connectivity index (χ4n) is 2.60. The Kier molecular flexibility index (Phi) is 4.45. The molecule has 1 aliphatic rings. The van der Waals surface area contributed by atoms with Crippen molar-refractivity contribution < 1.29 is 19.4 Å². The summed E-state index contributed by atoms with van der Waals surface area (Å²) in [6, 6.07) is 13.1. The molecule has 1 amide bonds. The highest BCUT2D eigenvalue weighted by Crippen LogP contribution is 2.43. The van der Waals surface area contributed by atoms with E-state index in [0.29, 0.717) is 5.56 Å². The Morgan fingerprint density at radius 1 is 1.08 bits per heavy atom. The van der Waals surface area contributed by atoms with Crippen molar-refractivity contribution in [1.82, 2.24) is 5.32 Å². The topological polar surface area (TPSA) is 75.6 Å². The van der Waals surface area contributed by atoms with Crippen molar-refractivity contribution in [3.8, 4) is 0 Å². The first kappa shape index (κ1) is 17.3. The quantitative estimate of drug-likeness (QED) is 0.848. The summed E-state index contributed by atoms with van der Waals surface area (Å²) in [5.41, 5.74) is -1.07. The zero-order chi connectivity index (χ0) is 18.2. The standard InChI is InChI=1S/C18H13Cl2NO4/c1-18(13-11(19)8-5-9-12(13)20)15(23)14(22)17(25-18)21-16(24)10-6-3-2-4-7-10/h2-9,22H,1H3,(H,21,24). The molecule has 2 aromatic rings. The Balaban J connectivity index is 1.92.